The zero-order chi connectivity index (χ0) is 8.78. The first kappa shape index (κ1) is 13.2. The summed E-state index contributed by atoms with van der Waals surface area (Å²) >= 11 is 19.3. The lowest BCUT2D eigenvalue weighted by Crippen LogP contribution is -1.88. The number of ether oxygens (including phenoxy) is 1. The quantitative estimate of drug-likeness (QED) is 0.470. The highest BCUT2D eigenvalue weighted by Gasteiger charge is 2.11. The first-order valence-corrected chi connectivity index (χ1v) is 3.58. The summed E-state index contributed by atoms with van der Waals surface area (Å²) in [6.07, 6.45) is 0. The third kappa shape index (κ3) is 72.6. The first-order valence-electron chi connectivity index (χ1n) is 2.07. The van der Waals surface area contributed by atoms with Crippen LogP contribution in [0.2, 0.25) is 0 Å². The molecule has 0 N–H and O–H groups in total. The Morgan fingerprint density at radius 2 is 1.40 bits per heavy atom. The number of hydrogen-bond donors (Lipinski definition) is 0. The van der Waals surface area contributed by atoms with Gasteiger partial charge in [0.2, 0.25) is 0 Å². The molecular weight excluding hydrogens is 222 g/mol. The second-order valence-electron chi connectivity index (χ2n) is 1.12. The third-order valence-corrected chi connectivity index (χ3v) is 0.287. The van der Waals surface area contributed by atoms with Crippen molar-refractivity contribution >= 4 is 52.4 Å². The number of alkyl halides is 4. The Bertz CT molecular complexity index is 91.9. The van der Waals surface area contributed by atoms with E-state index in [1.54, 1.807) is 0 Å². The van der Waals surface area contributed by atoms with Gasteiger partial charge in [0.15, 0.2) is 0 Å². The predicted molar refractivity (Wildman–Crippen MR) is 43.8 cm³/mol. The minimum absolute atomic E-state index is 0.245. The topological polar surface area (TPSA) is 26.3 Å². The second kappa shape index (κ2) is 6.35. The molecule has 0 aromatic rings. The van der Waals surface area contributed by atoms with Crippen LogP contribution in [-0.2, 0) is 9.53 Å². The predicted octanol–water partition coefficient (Wildman–Crippen LogP) is 2.73. The largest absolute Gasteiger partial charge is 0.469 e. The minimum atomic E-state index is -1.61. The number of rotatable bonds is 0. The van der Waals surface area contributed by atoms with Crippen LogP contribution >= 0.6 is 46.4 Å². The van der Waals surface area contributed by atoms with Crippen LogP contribution in [0.4, 0.5) is 0 Å². The molecule has 0 saturated carbocycles. The number of hydrogen-bond acceptors (Lipinski definition) is 2. The van der Waals surface area contributed by atoms with Crippen LogP contribution in [0.3, 0.4) is 0 Å². The zero-order valence-electron chi connectivity index (χ0n) is 5.33. The van der Waals surface area contributed by atoms with Crippen molar-refractivity contribution < 1.29 is 9.53 Å². The Morgan fingerprint density at radius 1 is 1.30 bits per heavy atom. The lowest BCUT2D eigenvalue weighted by molar-refractivity contribution is -0.137. The lowest BCUT2D eigenvalue weighted by atomic mass is 10.8. The first-order chi connectivity index (χ1) is 4.27. The van der Waals surface area contributed by atoms with Crippen molar-refractivity contribution in [1.29, 1.82) is 0 Å². The molecule has 0 aliphatic carbocycles. The van der Waals surface area contributed by atoms with Crippen LogP contribution in [0.5, 0.6) is 0 Å². The van der Waals surface area contributed by atoms with Gasteiger partial charge >= 0.3 is 5.97 Å². The SMILES string of the molecule is COC(C)=O.ClC(Cl)(Cl)Cl. The van der Waals surface area contributed by atoms with E-state index in [2.05, 4.69) is 4.74 Å². The van der Waals surface area contributed by atoms with Crippen molar-refractivity contribution in [1.82, 2.24) is 0 Å². The molecule has 0 fully saturated rings. The van der Waals surface area contributed by atoms with E-state index in [1.165, 1.54) is 14.0 Å². The summed E-state index contributed by atoms with van der Waals surface area (Å²) in [5.41, 5.74) is 0. The van der Waals surface area contributed by atoms with Crippen molar-refractivity contribution in [2.45, 2.75) is 10.2 Å². The van der Waals surface area contributed by atoms with E-state index >= 15 is 0 Å². The molecule has 0 spiro atoms. The Labute approximate surface area is 79.3 Å². The summed E-state index contributed by atoms with van der Waals surface area (Å²) < 4.78 is 2.50. The van der Waals surface area contributed by atoms with E-state index in [4.69, 9.17) is 46.4 Å². The average Bonchev–Trinajstić information content (AvgIpc) is 1.61. The number of carbonyl (C=O) groups is 1. The molecule has 10 heavy (non-hydrogen) atoms. The molecule has 0 saturated heterocycles. The summed E-state index contributed by atoms with van der Waals surface area (Å²) in [6, 6.07) is 0. The molecule has 0 radical (unpaired) electrons. The highest BCUT2D eigenvalue weighted by Crippen LogP contribution is 2.29. The molecule has 0 heterocycles. The average molecular weight is 228 g/mol. The lowest BCUT2D eigenvalue weighted by Gasteiger charge is -1.91. The van der Waals surface area contributed by atoms with E-state index < -0.39 is 3.25 Å². The molecule has 0 bridgehead atoms. The van der Waals surface area contributed by atoms with Gasteiger partial charge in [0.05, 0.1) is 7.11 Å². The van der Waals surface area contributed by atoms with Crippen LogP contribution in [-0.4, -0.2) is 16.3 Å². The monoisotopic (exact) mass is 226 g/mol. The summed E-state index contributed by atoms with van der Waals surface area (Å²) in [6.45, 7) is 1.36. The van der Waals surface area contributed by atoms with Crippen LogP contribution in [0.15, 0.2) is 0 Å². The number of methoxy groups -OCH3 is 1. The van der Waals surface area contributed by atoms with Crippen LogP contribution < -0.4 is 0 Å². The maximum Gasteiger partial charge on any atom is 0.302 e. The molecule has 0 aromatic heterocycles. The fourth-order valence-corrected chi connectivity index (χ4v) is 0. The van der Waals surface area contributed by atoms with Crippen molar-refractivity contribution in [3.8, 4) is 0 Å². The molecule has 0 rings (SSSR count). The molecule has 0 atom stereocenters. The van der Waals surface area contributed by atoms with Crippen molar-refractivity contribution in [3.05, 3.63) is 0 Å². The summed E-state index contributed by atoms with van der Waals surface area (Å²) in [5.74, 6) is -0.245. The van der Waals surface area contributed by atoms with E-state index in [1.807, 2.05) is 0 Å². The maximum atomic E-state index is 9.59. The normalized spacial score (nSPS) is 9.40. The van der Waals surface area contributed by atoms with Crippen molar-refractivity contribution in [3.63, 3.8) is 0 Å². The molecule has 0 aliphatic heterocycles. The van der Waals surface area contributed by atoms with Gasteiger partial charge in [-0.15, -0.1) is 0 Å². The van der Waals surface area contributed by atoms with E-state index in [0.29, 0.717) is 0 Å². The number of esters is 1. The standard InChI is InChI=1S/C3H6O2.CCl4/c1-3(4)5-2;2-1(3,4)5/h1-2H3;. The number of halogens is 4. The Balaban J connectivity index is 0. The zero-order valence-corrected chi connectivity index (χ0v) is 8.35. The smallest absolute Gasteiger partial charge is 0.302 e. The summed E-state index contributed by atoms with van der Waals surface area (Å²) in [7, 11) is 1.35. The van der Waals surface area contributed by atoms with Crippen molar-refractivity contribution in [2.24, 2.45) is 0 Å². The van der Waals surface area contributed by atoms with Gasteiger partial charge in [0, 0.05) is 6.92 Å². The summed E-state index contributed by atoms with van der Waals surface area (Å²) in [4.78, 5) is 9.59. The molecule has 6 heteroatoms. The molecular formula is C4H6Cl4O2. The molecule has 62 valence electrons. The number of carbonyl (C=O) groups excluding carboxylic acids is 1. The van der Waals surface area contributed by atoms with Crippen LogP contribution in [0.25, 0.3) is 0 Å². The molecule has 0 aromatic carbocycles. The van der Waals surface area contributed by atoms with Gasteiger partial charge in [-0.05, 0) is 0 Å². The Morgan fingerprint density at radius 3 is 1.40 bits per heavy atom. The van der Waals surface area contributed by atoms with Gasteiger partial charge in [-0.2, -0.15) is 0 Å². The molecule has 0 unspecified atom stereocenters. The molecule has 0 aliphatic rings. The summed E-state index contributed by atoms with van der Waals surface area (Å²) in [5, 5.41) is 0. The van der Waals surface area contributed by atoms with Crippen LogP contribution in [0.1, 0.15) is 6.92 Å². The molecule has 0 amide bonds. The van der Waals surface area contributed by atoms with Gasteiger partial charge in [0.1, 0.15) is 0 Å². The van der Waals surface area contributed by atoms with Gasteiger partial charge < -0.3 is 4.74 Å². The highest BCUT2D eigenvalue weighted by molar-refractivity contribution is 6.83. The molecule has 2 nitrogen and oxygen atoms in total. The maximum absolute atomic E-state index is 9.59. The van der Waals surface area contributed by atoms with E-state index in [-0.39, 0.29) is 5.97 Å². The highest BCUT2D eigenvalue weighted by atomic mass is 35.6. The van der Waals surface area contributed by atoms with Crippen LogP contribution in [0, 0.1) is 0 Å². The van der Waals surface area contributed by atoms with E-state index in [0.717, 1.165) is 0 Å². The van der Waals surface area contributed by atoms with Gasteiger partial charge in [-0.1, -0.05) is 46.4 Å². The van der Waals surface area contributed by atoms with Gasteiger partial charge in [0.25, 0.3) is 3.25 Å². The minimum Gasteiger partial charge on any atom is -0.469 e. The van der Waals surface area contributed by atoms with Gasteiger partial charge in [-0.3, -0.25) is 4.79 Å². The second-order valence-corrected chi connectivity index (χ2v) is 4.55. The Hall–Kier alpha value is 0.630. The van der Waals surface area contributed by atoms with Gasteiger partial charge in [-0.25, -0.2) is 0 Å². The third-order valence-electron chi connectivity index (χ3n) is 0.287. The fraction of sp³-hybridized carbons (Fsp3) is 0.750. The van der Waals surface area contributed by atoms with Crippen molar-refractivity contribution in [2.75, 3.05) is 7.11 Å². The Kier molecular flexibility index (Phi) is 8.40. The van der Waals surface area contributed by atoms with E-state index in [9.17, 15) is 4.79 Å². The fourth-order valence-electron chi connectivity index (χ4n) is 0.